The van der Waals surface area contributed by atoms with E-state index in [9.17, 15) is 13.2 Å². The van der Waals surface area contributed by atoms with Gasteiger partial charge in [0.15, 0.2) is 0 Å². The molecule has 8 heteroatoms. The van der Waals surface area contributed by atoms with Crippen LogP contribution in [0.15, 0.2) is 24.3 Å². The van der Waals surface area contributed by atoms with Crippen LogP contribution in [0.25, 0.3) is 0 Å². The Balaban J connectivity index is 2.05. The SMILES string of the molecule is Cc1ccc(N2CCC(c3cc(Cl)c(Cl)c(Cl)c3)(C(F)(F)F)C2)nc1C. The average molecular weight is 424 g/mol. The molecule has 1 unspecified atom stereocenters. The summed E-state index contributed by atoms with van der Waals surface area (Å²) >= 11 is 17.9. The molecule has 0 N–H and O–H groups in total. The third-order valence-corrected chi connectivity index (χ3v) is 6.20. The van der Waals surface area contributed by atoms with Gasteiger partial charge in [0.25, 0.3) is 0 Å². The van der Waals surface area contributed by atoms with Crippen LogP contribution < -0.4 is 4.90 Å². The summed E-state index contributed by atoms with van der Waals surface area (Å²) in [5, 5.41) is 0.0844. The molecule has 0 spiro atoms. The van der Waals surface area contributed by atoms with E-state index in [1.54, 1.807) is 11.0 Å². The van der Waals surface area contributed by atoms with Crippen molar-refractivity contribution in [2.45, 2.75) is 31.9 Å². The molecule has 2 heterocycles. The first-order chi connectivity index (χ1) is 12.0. The Bertz CT molecular complexity index is 831. The molecule has 1 aliphatic heterocycles. The highest BCUT2D eigenvalue weighted by Gasteiger charge is 2.59. The van der Waals surface area contributed by atoms with Crippen molar-refractivity contribution in [2.75, 3.05) is 18.0 Å². The molecule has 140 valence electrons. The van der Waals surface area contributed by atoms with E-state index < -0.39 is 11.6 Å². The number of nitrogens with zero attached hydrogens (tertiary/aromatic N) is 2. The van der Waals surface area contributed by atoms with Crippen LogP contribution >= 0.6 is 34.8 Å². The molecule has 1 fully saturated rings. The summed E-state index contributed by atoms with van der Waals surface area (Å²) in [4.78, 5) is 6.08. The summed E-state index contributed by atoms with van der Waals surface area (Å²) in [6.45, 7) is 3.73. The minimum Gasteiger partial charge on any atom is -0.355 e. The van der Waals surface area contributed by atoms with Gasteiger partial charge in [0.05, 0.1) is 15.1 Å². The van der Waals surface area contributed by atoms with Crippen molar-refractivity contribution < 1.29 is 13.2 Å². The number of alkyl halides is 3. The van der Waals surface area contributed by atoms with E-state index in [0.717, 1.165) is 11.3 Å². The number of aryl methyl sites for hydroxylation is 2. The molecule has 2 aromatic rings. The van der Waals surface area contributed by atoms with Crippen molar-refractivity contribution in [1.82, 2.24) is 4.98 Å². The molecule has 1 aliphatic rings. The Morgan fingerprint density at radius 3 is 2.23 bits per heavy atom. The lowest BCUT2D eigenvalue weighted by Crippen LogP contribution is -2.45. The second-order valence-corrected chi connectivity index (χ2v) is 7.77. The summed E-state index contributed by atoms with van der Waals surface area (Å²) in [6, 6.07) is 6.14. The number of pyridine rings is 1. The fraction of sp³-hybridized carbons (Fsp3) is 0.389. The smallest absolute Gasteiger partial charge is 0.355 e. The predicted molar refractivity (Wildman–Crippen MR) is 99.7 cm³/mol. The Hall–Kier alpha value is -1.17. The maximum absolute atomic E-state index is 14.1. The van der Waals surface area contributed by atoms with E-state index in [4.69, 9.17) is 34.8 Å². The number of hydrogen-bond donors (Lipinski definition) is 0. The van der Waals surface area contributed by atoms with Crippen molar-refractivity contribution in [2.24, 2.45) is 0 Å². The van der Waals surface area contributed by atoms with Gasteiger partial charge in [-0.15, -0.1) is 0 Å². The zero-order valence-electron chi connectivity index (χ0n) is 14.1. The van der Waals surface area contributed by atoms with Gasteiger partial charge < -0.3 is 4.90 Å². The Kier molecular flexibility index (Phi) is 5.10. The molecule has 1 aromatic carbocycles. The summed E-state index contributed by atoms with van der Waals surface area (Å²) in [5.41, 5.74) is -0.266. The van der Waals surface area contributed by atoms with E-state index in [1.165, 1.54) is 12.1 Å². The molecule has 0 aliphatic carbocycles. The summed E-state index contributed by atoms with van der Waals surface area (Å²) in [7, 11) is 0. The molecule has 1 atom stereocenters. The Morgan fingerprint density at radius 2 is 1.69 bits per heavy atom. The Labute approximate surface area is 164 Å². The van der Waals surface area contributed by atoms with Crippen LogP contribution in [0.5, 0.6) is 0 Å². The van der Waals surface area contributed by atoms with E-state index in [2.05, 4.69) is 4.98 Å². The zero-order chi connectivity index (χ0) is 19.3. The number of rotatable bonds is 2. The lowest BCUT2D eigenvalue weighted by Gasteiger charge is -2.33. The predicted octanol–water partition coefficient (Wildman–Crippen LogP) is 6.37. The van der Waals surface area contributed by atoms with E-state index in [-0.39, 0.29) is 40.1 Å². The molecule has 1 aromatic heterocycles. The van der Waals surface area contributed by atoms with Crippen LogP contribution in [-0.4, -0.2) is 24.2 Å². The first kappa shape index (κ1) is 19.6. The number of halogens is 6. The minimum absolute atomic E-state index is 0.0144. The lowest BCUT2D eigenvalue weighted by atomic mass is 9.79. The molecule has 2 nitrogen and oxygen atoms in total. The minimum atomic E-state index is -4.47. The summed E-state index contributed by atoms with van der Waals surface area (Å²) in [6.07, 6.45) is -4.58. The highest BCUT2D eigenvalue weighted by Crippen LogP contribution is 2.50. The van der Waals surface area contributed by atoms with Crippen LogP contribution in [0.2, 0.25) is 15.1 Å². The van der Waals surface area contributed by atoms with Crippen molar-refractivity contribution >= 4 is 40.6 Å². The van der Waals surface area contributed by atoms with Gasteiger partial charge in [-0.05, 0) is 49.6 Å². The molecule has 0 saturated carbocycles. The highest BCUT2D eigenvalue weighted by atomic mass is 35.5. The highest BCUT2D eigenvalue weighted by molar-refractivity contribution is 6.48. The van der Waals surface area contributed by atoms with Gasteiger partial charge in [0, 0.05) is 18.8 Å². The topological polar surface area (TPSA) is 16.1 Å². The van der Waals surface area contributed by atoms with Crippen molar-refractivity contribution in [1.29, 1.82) is 0 Å². The van der Waals surface area contributed by atoms with Crippen LogP contribution in [0, 0.1) is 13.8 Å². The van der Waals surface area contributed by atoms with Gasteiger partial charge in [0.2, 0.25) is 0 Å². The van der Waals surface area contributed by atoms with Crippen LogP contribution in [0.1, 0.15) is 23.2 Å². The molecule has 0 radical (unpaired) electrons. The fourth-order valence-electron chi connectivity index (χ4n) is 3.26. The first-order valence-corrected chi connectivity index (χ1v) is 9.09. The third-order valence-electron chi connectivity index (χ3n) is 5.01. The van der Waals surface area contributed by atoms with Crippen LogP contribution in [-0.2, 0) is 5.41 Å². The zero-order valence-corrected chi connectivity index (χ0v) is 16.4. The number of anilines is 1. The van der Waals surface area contributed by atoms with Crippen LogP contribution in [0.3, 0.4) is 0 Å². The third kappa shape index (κ3) is 3.25. The van der Waals surface area contributed by atoms with Gasteiger partial charge in [-0.25, -0.2) is 4.98 Å². The van der Waals surface area contributed by atoms with E-state index in [0.29, 0.717) is 5.82 Å². The molecule has 1 saturated heterocycles. The number of hydrogen-bond acceptors (Lipinski definition) is 2. The second kappa shape index (κ2) is 6.77. The van der Waals surface area contributed by atoms with Gasteiger partial charge in [-0.2, -0.15) is 13.2 Å². The molecule has 26 heavy (non-hydrogen) atoms. The number of aromatic nitrogens is 1. The summed E-state index contributed by atoms with van der Waals surface area (Å²) < 4.78 is 42.4. The molecular weight excluding hydrogens is 408 g/mol. The second-order valence-electron chi connectivity index (χ2n) is 6.58. The van der Waals surface area contributed by atoms with Gasteiger partial charge in [0.1, 0.15) is 11.2 Å². The average Bonchev–Trinajstić information content (AvgIpc) is 3.01. The van der Waals surface area contributed by atoms with Gasteiger partial charge in [-0.3, -0.25) is 0 Å². The van der Waals surface area contributed by atoms with Crippen LogP contribution in [0.4, 0.5) is 19.0 Å². The fourth-order valence-corrected chi connectivity index (χ4v) is 3.86. The molecular formula is C18H16Cl3F3N2. The van der Waals surface area contributed by atoms with Crippen molar-refractivity contribution in [3.63, 3.8) is 0 Å². The quantitative estimate of drug-likeness (QED) is 0.522. The lowest BCUT2D eigenvalue weighted by molar-refractivity contribution is -0.184. The normalized spacial score (nSPS) is 20.7. The van der Waals surface area contributed by atoms with Crippen molar-refractivity contribution in [3.05, 3.63) is 56.2 Å². The standard InChI is InChI=1S/C18H16Cl3F3N2/c1-10-3-4-15(25-11(10)2)26-6-5-17(9-26,18(22,23)24)12-7-13(19)16(21)14(20)8-12/h3-4,7-8H,5-6,9H2,1-2H3. The first-order valence-electron chi connectivity index (χ1n) is 7.96. The van der Waals surface area contributed by atoms with Crippen molar-refractivity contribution in [3.8, 4) is 0 Å². The maximum atomic E-state index is 14.1. The Morgan fingerprint density at radius 1 is 1.08 bits per heavy atom. The molecule has 0 bridgehead atoms. The molecule has 3 rings (SSSR count). The molecule has 0 amide bonds. The maximum Gasteiger partial charge on any atom is 0.400 e. The van der Waals surface area contributed by atoms with E-state index >= 15 is 0 Å². The monoisotopic (exact) mass is 422 g/mol. The largest absolute Gasteiger partial charge is 0.400 e. The van der Waals surface area contributed by atoms with Gasteiger partial charge in [-0.1, -0.05) is 40.9 Å². The summed E-state index contributed by atoms with van der Waals surface area (Å²) in [5.74, 6) is 0.533. The van der Waals surface area contributed by atoms with Gasteiger partial charge >= 0.3 is 6.18 Å². The van der Waals surface area contributed by atoms with E-state index in [1.807, 2.05) is 19.9 Å². The number of benzene rings is 1.